The fraction of sp³-hybridized carbons (Fsp3) is 0.515. The van der Waals surface area contributed by atoms with Crippen LogP contribution in [0.5, 0.6) is 11.5 Å². The molecule has 12 N–H and O–H groups in total. The van der Waals surface area contributed by atoms with E-state index < -0.39 is 60.5 Å². The molecule has 0 aromatic heterocycles. The highest BCUT2D eigenvalue weighted by atomic mass is 16.3. The van der Waals surface area contributed by atoms with Gasteiger partial charge in [0.2, 0.25) is 23.6 Å². The van der Waals surface area contributed by atoms with Gasteiger partial charge in [0.15, 0.2) is 0 Å². The van der Waals surface area contributed by atoms with Crippen LogP contribution in [0.25, 0.3) is 11.1 Å². The van der Waals surface area contributed by atoms with Crippen LogP contribution >= 0.6 is 0 Å². The molecule has 3 rings (SSSR count). The van der Waals surface area contributed by atoms with Gasteiger partial charge in [-0.15, -0.1) is 0 Å². The third-order valence-corrected chi connectivity index (χ3v) is 8.24. The number of phenolic OH excluding ortho intramolecular Hbond substituents is 2. The smallest absolute Gasteiger partial charge is 0.243 e. The number of fused-ring (bicyclic) bond motifs is 5. The van der Waals surface area contributed by atoms with Crippen molar-refractivity contribution in [1.82, 2.24) is 31.9 Å². The van der Waals surface area contributed by atoms with Crippen molar-refractivity contribution in [3.05, 3.63) is 47.5 Å². The molecule has 2 aromatic rings. The molecule has 0 saturated heterocycles. The van der Waals surface area contributed by atoms with Crippen LogP contribution in [-0.2, 0) is 32.0 Å². The molecule has 48 heavy (non-hydrogen) atoms. The second kappa shape index (κ2) is 18.9. The maximum atomic E-state index is 13.9. The predicted molar refractivity (Wildman–Crippen MR) is 179 cm³/mol. The van der Waals surface area contributed by atoms with E-state index in [-0.39, 0.29) is 50.3 Å². The molecule has 15 heteroatoms. The second-order valence-corrected chi connectivity index (χ2v) is 11.9. The minimum atomic E-state index is -1.29. The number of phenols is 2. The molecule has 1 heterocycles. The van der Waals surface area contributed by atoms with Crippen LogP contribution in [-0.4, -0.2) is 115 Å². The van der Waals surface area contributed by atoms with Crippen LogP contribution < -0.4 is 37.6 Å². The number of aliphatic hydroxyl groups excluding tert-OH is 2. The maximum Gasteiger partial charge on any atom is 0.243 e. The molecular formula is C33H49N7O8. The number of nitrogens with two attached hydrogens (primary N) is 1. The molecule has 2 aromatic carbocycles. The average Bonchev–Trinajstić information content (AvgIpc) is 3.08. The van der Waals surface area contributed by atoms with Crippen LogP contribution in [0.1, 0.15) is 36.8 Å². The molecule has 0 radical (unpaired) electrons. The minimum absolute atomic E-state index is 0.00531. The number of hydrogen-bond acceptors (Lipinski definition) is 11. The van der Waals surface area contributed by atoms with E-state index in [1.807, 2.05) is 0 Å². The van der Waals surface area contributed by atoms with Crippen molar-refractivity contribution in [2.24, 2.45) is 5.73 Å². The fourth-order valence-electron chi connectivity index (χ4n) is 5.40. The Hall–Kier alpha value is -4.28. The van der Waals surface area contributed by atoms with Gasteiger partial charge in [-0.2, -0.15) is 0 Å². The van der Waals surface area contributed by atoms with Gasteiger partial charge in [0, 0.05) is 19.4 Å². The van der Waals surface area contributed by atoms with Crippen molar-refractivity contribution in [1.29, 1.82) is 0 Å². The van der Waals surface area contributed by atoms with Crippen molar-refractivity contribution in [2.45, 2.75) is 68.8 Å². The summed E-state index contributed by atoms with van der Waals surface area (Å²) in [6.07, 6.45) is 0.0311. The number of likely N-dealkylation sites (N-methyl/N-ethyl adjacent to an activating group) is 1. The Kier molecular flexibility index (Phi) is 15.0. The fourth-order valence-corrected chi connectivity index (χ4v) is 5.40. The lowest BCUT2D eigenvalue weighted by Gasteiger charge is -2.27. The van der Waals surface area contributed by atoms with E-state index in [2.05, 4.69) is 31.9 Å². The average molecular weight is 672 g/mol. The monoisotopic (exact) mass is 671 g/mol. The van der Waals surface area contributed by atoms with E-state index >= 15 is 0 Å². The molecule has 5 atom stereocenters. The first-order chi connectivity index (χ1) is 23.0. The standard InChI is InChI=1S/C33H49N7O8/c1-35-12-4-6-25-31(46)40-27(33(48)38-24(5-3-11-34)30(45)37-17-23(42)18-41)16-22-14-20(8-10-29(22)44)19-7-9-28(43)21(13-19)15-26(36-2)32(47)39-25/h7-10,13-14,23-27,35-36,41-44H,3-6,11-12,15-18,34H2,1-2H3,(H,37,45)(H,38,48)(H,39,47)(H,40,46)/t23?,24-,25-,26-,27-/m0/s1. The number of amides is 4. The van der Waals surface area contributed by atoms with Gasteiger partial charge >= 0.3 is 0 Å². The largest absolute Gasteiger partial charge is 0.508 e. The highest BCUT2D eigenvalue weighted by Gasteiger charge is 2.32. The van der Waals surface area contributed by atoms with Gasteiger partial charge in [-0.1, -0.05) is 12.1 Å². The molecule has 4 amide bonds. The Morgan fingerprint density at radius 2 is 1.60 bits per heavy atom. The Morgan fingerprint density at radius 3 is 2.19 bits per heavy atom. The Morgan fingerprint density at radius 1 is 0.958 bits per heavy atom. The first-order valence-electron chi connectivity index (χ1n) is 16.1. The van der Waals surface area contributed by atoms with E-state index in [0.717, 1.165) is 0 Å². The van der Waals surface area contributed by atoms with Crippen LogP contribution in [0.3, 0.4) is 0 Å². The summed E-state index contributed by atoms with van der Waals surface area (Å²) in [7, 11) is 3.36. The lowest BCUT2D eigenvalue weighted by molar-refractivity contribution is -0.134. The maximum absolute atomic E-state index is 13.9. The molecule has 0 spiro atoms. The van der Waals surface area contributed by atoms with Crippen LogP contribution in [0.2, 0.25) is 0 Å². The molecular weight excluding hydrogens is 622 g/mol. The van der Waals surface area contributed by atoms with Crippen LogP contribution in [0, 0.1) is 0 Å². The van der Waals surface area contributed by atoms with E-state index in [9.17, 15) is 34.5 Å². The Bertz CT molecular complexity index is 1410. The van der Waals surface area contributed by atoms with Gasteiger partial charge in [0.1, 0.15) is 29.6 Å². The molecule has 1 aliphatic heterocycles. The molecule has 1 aliphatic rings. The van der Waals surface area contributed by atoms with E-state index in [4.69, 9.17) is 10.8 Å². The number of hydrogen-bond donors (Lipinski definition) is 11. The van der Waals surface area contributed by atoms with Crippen molar-refractivity contribution in [3.63, 3.8) is 0 Å². The quantitative estimate of drug-likeness (QED) is 0.0992. The van der Waals surface area contributed by atoms with Crippen LogP contribution in [0.15, 0.2) is 36.4 Å². The SMILES string of the molecule is CNCCC[C@@H]1NC(=O)[C@@H](NC)Cc2cc(ccc2O)-c2ccc(O)c(c2)C[C@@H](C(=O)N[C@@H](CCCN)C(=O)NCC(O)CO)NC1=O. The number of benzene rings is 2. The van der Waals surface area contributed by atoms with E-state index in [1.54, 1.807) is 38.4 Å². The van der Waals surface area contributed by atoms with Gasteiger partial charge in [0.05, 0.1) is 18.8 Å². The van der Waals surface area contributed by atoms with E-state index in [1.165, 1.54) is 12.1 Å². The molecule has 0 saturated carbocycles. The first-order valence-corrected chi connectivity index (χ1v) is 16.1. The highest BCUT2D eigenvalue weighted by molar-refractivity contribution is 5.95. The first kappa shape index (κ1) is 38.2. The number of aliphatic hydroxyl groups is 2. The number of carbonyl (C=O) groups is 4. The van der Waals surface area contributed by atoms with Gasteiger partial charge in [-0.3, -0.25) is 19.2 Å². The molecule has 1 unspecified atom stereocenters. The summed E-state index contributed by atoms with van der Waals surface area (Å²) in [5, 5.41) is 57.0. The third kappa shape index (κ3) is 10.9. The molecule has 15 nitrogen and oxygen atoms in total. The second-order valence-electron chi connectivity index (χ2n) is 11.9. The Balaban J connectivity index is 2.06. The highest BCUT2D eigenvalue weighted by Crippen LogP contribution is 2.31. The molecule has 4 bridgehead atoms. The van der Waals surface area contributed by atoms with Gasteiger partial charge in [-0.05, 0) is 99.4 Å². The topological polar surface area (TPSA) is 247 Å². The van der Waals surface area contributed by atoms with Crippen molar-refractivity contribution >= 4 is 23.6 Å². The minimum Gasteiger partial charge on any atom is -0.508 e. The normalized spacial score (nSPS) is 19.6. The van der Waals surface area contributed by atoms with E-state index in [0.29, 0.717) is 41.6 Å². The summed E-state index contributed by atoms with van der Waals surface area (Å²) < 4.78 is 0. The number of carbonyl (C=O) groups excluding carboxylic acids is 4. The lowest BCUT2D eigenvalue weighted by Crippen LogP contribution is -2.58. The zero-order valence-electron chi connectivity index (χ0n) is 27.4. The summed E-state index contributed by atoms with van der Waals surface area (Å²) in [4.78, 5) is 54.2. The van der Waals surface area contributed by atoms with Gasteiger partial charge < -0.3 is 58.1 Å². The Labute approximate surface area is 280 Å². The van der Waals surface area contributed by atoms with Crippen molar-refractivity contribution in [3.8, 4) is 22.6 Å². The molecule has 0 fully saturated rings. The lowest BCUT2D eigenvalue weighted by atomic mass is 9.95. The zero-order chi connectivity index (χ0) is 35.2. The summed E-state index contributed by atoms with van der Waals surface area (Å²) in [6, 6.07) is 5.55. The predicted octanol–water partition coefficient (Wildman–Crippen LogP) is -1.89. The molecule has 264 valence electrons. The van der Waals surface area contributed by atoms with Crippen molar-refractivity contribution in [2.75, 3.05) is 40.3 Å². The summed E-state index contributed by atoms with van der Waals surface area (Å²) in [6.45, 7) is -0.0152. The van der Waals surface area contributed by atoms with Gasteiger partial charge in [-0.25, -0.2) is 0 Å². The summed E-state index contributed by atoms with van der Waals surface area (Å²) in [5.41, 5.74) is 7.83. The summed E-state index contributed by atoms with van der Waals surface area (Å²) >= 11 is 0. The van der Waals surface area contributed by atoms with Crippen molar-refractivity contribution < 1.29 is 39.6 Å². The molecule has 0 aliphatic carbocycles. The zero-order valence-corrected chi connectivity index (χ0v) is 27.4. The van der Waals surface area contributed by atoms with Gasteiger partial charge in [0.25, 0.3) is 0 Å². The summed E-state index contributed by atoms with van der Waals surface area (Å²) in [5.74, 6) is -2.59. The number of nitrogens with one attached hydrogen (secondary N) is 6. The number of rotatable bonds is 14. The number of aromatic hydroxyl groups is 2. The third-order valence-electron chi connectivity index (χ3n) is 8.24. The van der Waals surface area contributed by atoms with Crippen LogP contribution in [0.4, 0.5) is 0 Å².